The maximum Gasteiger partial charge on any atom is 0.318 e. The third-order valence-electron chi connectivity index (χ3n) is 4.88. The second-order valence-electron chi connectivity index (χ2n) is 6.71. The van der Waals surface area contributed by atoms with Gasteiger partial charge in [0.15, 0.2) is 0 Å². The van der Waals surface area contributed by atoms with Crippen molar-refractivity contribution in [2.75, 3.05) is 0 Å². The lowest BCUT2D eigenvalue weighted by molar-refractivity contribution is -0.138. The lowest BCUT2D eigenvalue weighted by atomic mass is 9.88. The van der Waals surface area contributed by atoms with Crippen LogP contribution in [-0.4, -0.2) is 40.1 Å². The average molecular weight is 282 g/mol. The third kappa shape index (κ3) is 3.25. The van der Waals surface area contributed by atoms with E-state index in [4.69, 9.17) is 5.11 Å². The zero-order valence-electron chi connectivity index (χ0n) is 12.6. The van der Waals surface area contributed by atoms with E-state index in [0.29, 0.717) is 5.92 Å². The van der Waals surface area contributed by atoms with Gasteiger partial charge in [-0.15, -0.1) is 0 Å². The summed E-state index contributed by atoms with van der Waals surface area (Å²) in [5.74, 6) is -0.0709. The van der Waals surface area contributed by atoms with Gasteiger partial charge < -0.3 is 15.3 Å². The minimum atomic E-state index is -0.722. The van der Waals surface area contributed by atoms with E-state index in [2.05, 4.69) is 19.2 Å². The smallest absolute Gasteiger partial charge is 0.318 e. The number of nitrogens with zero attached hydrogens (tertiary/aromatic N) is 1. The van der Waals surface area contributed by atoms with Crippen molar-refractivity contribution in [3.8, 4) is 0 Å². The number of rotatable bonds is 4. The Morgan fingerprint density at radius 3 is 2.20 bits per heavy atom. The highest BCUT2D eigenvalue weighted by Gasteiger charge is 2.43. The number of piperidine rings is 1. The third-order valence-corrected chi connectivity index (χ3v) is 4.88. The van der Waals surface area contributed by atoms with E-state index in [1.165, 1.54) is 0 Å². The summed E-state index contributed by atoms with van der Waals surface area (Å²) in [6, 6.07) is 0.668. The van der Waals surface area contributed by atoms with E-state index >= 15 is 0 Å². The predicted octanol–water partition coefficient (Wildman–Crippen LogP) is 2.46. The van der Waals surface area contributed by atoms with Crippen LogP contribution in [0.5, 0.6) is 0 Å². The SMILES string of the molecule is CC(C)C(C)NC(=O)N1C2CCC1CC(CC(=O)O)C2. The van der Waals surface area contributed by atoms with Crippen molar-refractivity contribution in [2.45, 2.75) is 71.0 Å². The van der Waals surface area contributed by atoms with Gasteiger partial charge in [-0.2, -0.15) is 0 Å². The molecule has 0 aromatic rings. The number of hydrogen-bond acceptors (Lipinski definition) is 2. The van der Waals surface area contributed by atoms with E-state index < -0.39 is 5.97 Å². The molecular formula is C15H26N2O3. The van der Waals surface area contributed by atoms with Gasteiger partial charge in [0, 0.05) is 24.5 Å². The van der Waals surface area contributed by atoms with Crippen molar-refractivity contribution in [3.05, 3.63) is 0 Å². The molecule has 3 unspecified atom stereocenters. The summed E-state index contributed by atoms with van der Waals surface area (Å²) in [6.07, 6.45) is 3.96. The van der Waals surface area contributed by atoms with Crippen molar-refractivity contribution >= 4 is 12.0 Å². The van der Waals surface area contributed by atoms with Crippen LogP contribution in [0.15, 0.2) is 0 Å². The Morgan fingerprint density at radius 1 is 1.20 bits per heavy atom. The van der Waals surface area contributed by atoms with Crippen molar-refractivity contribution in [3.63, 3.8) is 0 Å². The van der Waals surface area contributed by atoms with Crippen LogP contribution in [0.1, 0.15) is 52.9 Å². The highest BCUT2D eigenvalue weighted by molar-refractivity contribution is 5.76. The number of carbonyl (C=O) groups is 2. The van der Waals surface area contributed by atoms with Crippen LogP contribution < -0.4 is 5.32 Å². The second kappa shape index (κ2) is 6.02. The Balaban J connectivity index is 1.95. The number of carboxylic acids is 1. The van der Waals surface area contributed by atoms with Crippen LogP contribution in [0.2, 0.25) is 0 Å². The molecule has 2 N–H and O–H groups in total. The zero-order chi connectivity index (χ0) is 14.9. The number of carbonyl (C=O) groups excluding carboxylic acids is 1. The van der Waals surface area contributed by atoms with Gasteiger partial charge in [-0.05, 0) is 44.4 Å². The number of aliphatic carboxylic acids is 1. The predicted molar refractivity (Wildman–Crippen MR) is 76.5 cm³/mol. The van der Waals surface area contributed by atoms with Crippen LogP contribution in [0, 0.1) is 11.8 Å². The van der Waals surface area contributed by atoms with Crippen molar-refractivity contribution in [1.29, 1.82) is 0 Å². The molecule has 2 bridgehead atoms. The Hall–Kier alpha value is -1.26. The molecule has 114 valence electrons. The van der Waals surface area contributed by atoms with Crippen LogP contribution in [-0.2, 0) is 4.79 Å². The number of hydrogen-bond donors (Lipinski definition) is 2. The first-order valence-corrected chi connectivity index (χ1v) is 7.69. The van der Waals surface area contributed by atoms with Crippen LogP contribution in [0.4, 0.5) is 4.79 Å². The Bertz CT molecular complexity index is 369. The summed E-state index contributed by atoms with van der Waals surface area (Å²) in [5.41, 5.74) is 0. The van der Waals surface area contributed by atoms with E-state index in [1.54, 1.807) is 0 Å². The molecule has 5 nitrogen and oxygen atoms in total. The van der Waals surface area contributed by atoms with Gasteiger partial charge in [-0.3, -0.25) is 4.79 Å². The second-order valence-corrected chi connectivity index (χ2v) is 6.71. The summed E-state index contributed by atoms with van der Waals surface area (Å²) in [4.78, 5) is 25.2. The van der Waals surface area contributed by atoms with Gasteiger partial charge in [0.2, 0.25) is 0 Å². The Morgan fingerprint density at radius 2 is 1.75 bits per heavy atom. The van der Waals surface area contributed by atoms with E-state index in [0.717, 1.165) is 25.7 Å². The highest BCUT2D eigenvalue weighted by atomic mass is 16.4. The quantitative estimate of drug-likeness (QED) is 0.832. The molecule has 0 spiro atoms. The molecule has 2 aliphatic rings. The van der Waals surface area contributed by atoms with Crippen molar-refractivity contribution < 1.29 is 14.7 Å². The lowest BCUT2D eigenvalue weighted by Gasteiger charge is -2.39. The molecule has 0 aromatic heterocycles. The van der Waals surface area contributed by atoms with Crippen LogP contribution in [0.25, 0.3) is 0 Å². The fraction of sp³-hybridized carbons (Fsp3) is 0.867. The Labute approximate surface area is 120 Å². The monoisotopic (exact) mass is 282 g/mol. The molecule has 2 heterocycles. The first-order chi connectivity index (χ1) is 9.38. The topological polar surface area (TPSA) is 69.6 Å². The van der Waals surface area contributed by atoms with Crippen LogP contribution in [0.3, 0.4) is 0 Å². The number of amides is 2. The fourth-order valence-corrected chi connectivity index (χ4v) is 3.47. The molecule has 0 aromatic carbocycles. The zero-order valence-corrected chi connectivity index (χ0v) is 12.6. The molecule has 20 heavy (non-hydrogen) atoms. The highest BCUT2D eigenvalue weighted by Crippen LogP contribution is 2.39. The molecule has 2 fully saturated rings. The van der Waals surface area contributed by atoms with Crippen LogP contribution >= 0.6 is 0 Å². The molecule has 2 amide bonds. The number of carboxylic acid groups (broad SMARTS) is 1. The van der Waals surface area contributed by atoms with Gasteiger partial charge >= 0.3 is 12.0 Å². The van der Waals surface area contributed by atoms with E-state index in [1.807, 2.05) is 11.8 Å². The van der Waals surface area contributed by atoms with Crippen molar-refractivity contribution in [1.82, 2.24) is 10.2 Å². The Kier molecular flexibility index (Phi) is 4.55. The standard InChI is InChI=1S/C15H26N2O3/c1-9(2)10(3)16-15(20)17-12-4-5-13(17)7-11(6-12)8-14(18)19/h9-13H,4-8H2,1-3H3,(H,16,20)(H,18,19). The van der Waals surface area contributed by atoms with Gasteiger partial charge in [0.1, 0.15) is 0 Å². The minimum absolute atomic E-state index is 0.0347. The van der Waals surface area contributed by atoms with E-state index in [-0.39, 0.29) is 36.5 Å². The summed E-state index contributed by atoms with van der Waals surface area (Å²) in [5, 5.41) is 12.0. The molecule has 3 atom stereocenters. The maximum atomic E-state index is 12.4. The summed E-state index contributed by atoms with van der Waals surface area (Å²) in [7, 11) is 0. The van der Waals surface area contributed by atoms with Gasteiger partial charge in [-0.25, -0.2) is 4.79 Å². The van der Waals surface area contributed by atoms with Gasteiger partial charge in [0.05, 0.1) is 0 Å². The molecule has 5 heteroatoms. The van der Waals surface area contributed by atoms with Gasteiger partial charge in [-0.1, -0.05) is 13.8 Å². The number of urea groups is 1. The minimum Gasteiger partial charge on any atom is -0.481 e. The maximum absolute atomic E-state index is 12.4. The largest absolute Gasteiger partial charge is 0.481 e. The summed E-state index contributed by atoms with van der Waals surface area (Å²) >= 11 is 0. The van der Waals surface area contributed by atoms with E-state index in [9.17, 15) is 9.59 Å². The first-order valence-electron chi connectivity index (χ1n) is 7.69. The molecule has 0 radical (unpaired) electrons. The number of fused-ring (bicyclic) bond motifs is 2. The summed E-state index contributed by atoms with van der Waals surface area (Å²) < 4.78 is 0. The first kappa shape index (κ1) is 15.1. The molecule has 2 rings (SSSR count). The fourth-order valence-electron chi connectivity index (χ4n) is 3.47. The lowest BCUT2D eigenvalue weighted by Crippen LogP contribution is -2.53. The van der Waals surface area contributed by atoms with Crippen molar-refractivity contribution in [2.24, 2.45) is 11.8 Å². The average Bonchev–Trinajstić information content (AvgIpc) is 2.60. The molecule has 2 aliphatic heterocycles. The summed E-state index contributed by atoms with van der Waals surface area (Å²) in [6.45, 7) is 6.22. The molecule has 0 saturated carbocycles. The molecule has 0 aliphatic carbocycles. The normalized spacial score (nSPS) is 30.4. The number of nitrogens with one attached hydrogen (secondary N) is 1. The van der Waals surface area contributed by atoms with Gasteiger partial charge in [0.25, 0.3) is 0 Å². The molecule has 2 saturated heterocycles. The molecular weight excluding hydrogens is 256 g/mol.